The average molecular weight is 218 g/mol. The molecule has 86 valence electrons. The zero-order chi connectivity index (χ0) is 11.4. The predicted molar refractivity (Wildman–Crippen MR) is 63.9 cm³/mol. The van der Waals surface area contributed by atoms with Crippen LogP contribution in [0.3, 0.4) is 0 Å². The number of carbonyl (C=O) groups excluding carboxylic acids is 1. The molecule has 0 saturated heterocycles. The molecule has 0 aromatic heterocycles. The van der Waals surface area contributed by atoms with Crippen molar-refractivity contribution in [3.05, 3.63) is 35.4 Å². The summed E-state index contributed by atoms with van der Waals surface area (Å²) >= 11 is 0. The molecule has 0 heterocycles. The van der Waals surface area contributed by atoms with E-state index in [1.807, 2.05) is 19.1 Å². The van der Waals surface area contributed by atoms with E-state index in [1.54, 1.807) is 0 Å². The van der Waals surface area contributed by atoms with E-state index in [0.29, 0.717) is 6.61 Å². The molecule has 0 spiro atoms. The van der Waals surface area contributed by atoms with Gasteiger partial charge in [0.1, 0.15) is 6.61 Å². The molecule has 0 atom stereocenters. The van der Waals surface area contributed by atoms with Gasteiger partial charge in [-0.1, -0.05) is 30.7 Å². The maximum Gasteiger partial charge on any atom is 0.188 e. The van der Waals surface area contributed by atoms with Crippen LogP contribution in [-0.4, -0.2) is 19.0 Å². The van der Waals surface area contributed by atoms with E-state index in [2.05, 4.69) is 12.1 Å². The van der Waals surface area contributed by atoms with Crippen molar-refractivity contribution in [3.8, 4) is 0 Å². The first-order valence-electron chi connectivity index (χ1n) is 6.02. The van der Waals surface area contributed by atoms with Crippen molar-refractivity contribution in [3.63, 3.8) is 0 Å². The highest BCUT2D eigenvalue weighted by Gasteiger charge is 2.19. The van der Waals surface area contributed by atoms with Gasteiger partial charge in [0.05, 0.1) is 0 Å². The molecule has 1 aliphatic carbocycles. The lowest BCUT2D eigenvalue weighted by Gasteiger charge is -2.25. The van der Waals surface area contributed by atoms with Gasteiger partial charge in [0.25, 0.3) is 0 Å². The normalized spacial score (nSPS) is 15.8. The molecular formula is C14H18O2. The van der Waals surface area contributed by atoms with E-state index < -0.39 is 0 Å². The summed E-state index contributed by atoms with van der Waals surface area (Å²) in [4.78, 5) is 11.6. The minimum absolute atomic E-state index is 0.0713. The maximum atomic E-state index is 11.6. The number of ketones is 1. The Kier molecular flexibility index (Phi) is 3.73. The van der Waals surface area contributed by atoms with Gasteiger partial charge in [0.15, 0.2) is 5.78 Å². The second-order valence-corrected chi connectivity index (χ2v) is 4.31. The third-order valence-electron chi connectivity index (χ3n) is 3.25. The summed E-state index contributed by atoms with van der Waals surface area (Å²) < 4.78 is 5.11. The van der Waals surface area contributed by atoms with E-state index in [4.69, 9.17) is 4.74 Å². The summed E-state index contributed by atoms with van der Waals surface area (Å²) in [6, 6.07) is 8.02. The number of hydrogen-bond acceptors (Lipinski definition) is 2. The minimum atomic E-state index is 0.0713. The molecule has 2 rings (SSSR count). The van der Waals surface area contributed by atoms with Gasteiger partial charge in [0, 0.05) is 12.2 Å². The Hall–Kier alpha value is -1.15. The molecule has 16 heavy (non-hydrogen) atoms. The summed E-state index contributed by atoms with van der Waals surface area (Å²) in [5.74, 6) is 0.804. The van der Waals surface area contributed by atoms with Crippen molar-refractivity contribution in [2.24, 2.45) is 0 Å². The van der Waals surface area contributed by atoms with Crippen LogP contribution in [-0.2, 0) is 4.74 Å². The second kappa shape index (κ2) is 5.26. The maximum absolute atomic E-state index is 11.6. The van der Waals surface area contributed by atoms with Gasteiger partial charge in [-0.25, -0.2) is 0 Å². The van der Waals surface area contributed by atoms with E-state index >= 15 is 0 Å². The molecule has 2 nitrogen and oxygen atoms in total. The molecule has 1 aromatic carbocycles. The van der Waals surface area contributed by atoms with Crippen LogP contribution >= 0.6 is 0 Å². The SMILES string of the molecule is CCOCC(=O)c1ccc(C2CCC2)cc1. The first-order valence-corrected chi connectivity index (χ1v) is 6.02. The number of Topliss-reactive ketones (excluding diaryl/α,β-unsaturated/α-hetero) is 1. The molecule has 1 fully saturated rings. The lowest BCUT2D eigenvalue weighted by molar-refractivity contribution is 0.0783. The quantitative estimate of drug-likeness (QED) is 0.709. The van der Waals surface area contributed by atoms with Crippen molar-refractivity contribution in [2.45, 2.75) is 32.1 Å². The standard InChI is InChI=1S/C14H18O2/c1-2-16-10-14(15)13-8-6-12(7-9-13)11-4-3-5-11/h6-9,11H,2-5,10H2,1H3. The number of ether oxygens (including phenoxy) is 1. The van der Waals surface area contributed by atoms with Gasteiger partial charge in [0.2, 0.25) is 0 Å². The zero-order valence-corrected chi connectivity index (χ0v) is 9.74. The second-order valence-electron chi connectivity index (χ2n) is 4.31. The van der Waals surface area contributed by atoms with Crippen LogP contribution in [0.2, 0.25) is 0 Å². The Bertz CT molecular complexity index is 350. The summed E-state index contributed by atoms with van der Waals surface area (Å²) in [5, 5.41) is 0. The van der Waals surface area contributed by atoms with E-state index in [9.17, 15) is 4.79 Å². The first kappa shape index (κ1) is 11.3. The zero-order valence-electron chi connectivity index (χ0n) is 9.74. The number of benzene rings is 1. The van der Waals surface area contributed by atoms with E-state index in [0.717, 1.165) is 11.5 Å². The minimum Gasteiger partial charge on any atom is -0.374 e. The molecule has 0 amide bonds. The smallest absolute Gasteiger partial charge is 0.188 e. The Morgan fingerprint density at radius 2 is 2.00 bits per heavy atom. The van der Waals surface area contributed by atoms with Crippen molar-refractivity contribution in [1.82, 2.24) is 0 Å². The average Bonchev–Trinajstić information content (AvgIpc) is 2.24. The molecule has 0 radical (unpaired) electrons. The number of rotatable bonds is 5. The lowest BCUT2D eigenvalue weighted by atomic mass is 9.80. The highest BCUT2D eigenvalue weighted by atomic mass is 16.5. The summed E-state index contributed by atoms with van der Waals surface area (Å²) in [5.41, 5.74) is 2.13. The van der Waals surface area contributed by atoms with E-state index in [1.165, 1.54) is 24.8 Å². The van der Waals surface area contributed by atoms with Crippen LogP contribution in [0.25, 0.3) is 0 Å². The molecule has 0 N–H and O–H groups in total. The Labute approximate surface area is 96.6 Å². The molecule has 0 bridgehead atoms. The van der Waals surface area contributed by atoms with Gasteiger partial charge in [-0.15, -0.1) is 0 Å². The van der Waals surface area contributed by atoms with Crippen molar-refractivity contribution in [2.75, 3.05) is 13.2 Å². The Balaban J connectivity index is 1.98. The summed E-state index contributed by atoms with van der Waals surface area (Å²) in [6.45, 7) is 2.68. The van der Waals surface area contributed by atoms with Gasteiger partial charge >= 0.3 is 0 Å². The fourth-order valence-corrected chi connectivity index (χ4v) is 1.96. The molecule has 0 unspecified atom stereocenters. The van der Waals surface area contributed by atoms with Crippen molar-refractivity contribution < 1.29 is 9.53 Å². The third-order valence-corrected chi connectivity index (χ3v) is 3.25. The third kappa shape index (κ3) is 2.50. The highest BCUT2D eigenvalue weighted by molar-refractivity contribution is 5.97. The molecule has 2 heteroatoms. The topological polar surface area (TPSA) is 26.3 Å². The van der Waals surface area contributed by atoms with Crippen molar-refractivity contribution >= 4 is 5.78 Å². The monoisotopic (exact) mass is 218 g/mol. The largest absolute Gasteiger partial charge is 0.374 e. The lowest BCUT2D eigenvalue weighted by Crippen LogP contribution is -2.11. The summed E-state index contributed by atoms with van der Waals surface area (Å²) in [7, 11) is 0. The van der Waals surface area contributed by atoms with Crippen LogP contribution in [0.1, 0.15) is 48.0 Å². The van der Waals surface area contributed by atoms with Gasteiger partial charge < -0.3 is 4.74 Å². The highest BCUT2D eigenvalue weighted by Crippen LogP contribution is 2.36. The summed E-state index contributed by atoms with van der Waals surface area (Å²) in [6.07, 6.45) is 3.94. The Morgan fingerprint density at radius 1 is 1.31 bits per heavy atom. The number of hydrogen-bond donors (Lipinski definition) is 0. The van der Waals surface area contributed by atoms with Crippen LogP contribution in [0.5, 0.6) is 0 Å². The number of carbonyl (C=O) groups is 1. The van der Waals surface area contributed by atoms with Crippen LogP contribution in [0.4, 0.5) is 0 Å². The van der Waals surface area contributed by atoms with Gasteiger partial charge in [-0.3, -0.25) is 4.79 Å². The molecule has 0 aliphatic heterocycles. The van der Waals surface area contributed by atoms with Crippen LogP contribution in [0, 0.1) is 0 Å². The predicted octanol–water partition coefficient (Wildman–Crippen LogP) is 3.17. The van der Waals surface area contributed by atoms with E-state index in [-0.39, 0.29) is 12.4 Å². The van der Waals surface area contributed by atoms with Gasteiger partial charge in [-0.2, -0.15) is 0 Å². The Morgan fingerprint density at radius 3 is 2.50 bits per heavy atom. The fourth-order valence-electron chi connectivity index (χ4n) is 1.96. The molecular weight excluding hydrogens is 200 g/mol. The fraction of sp³-hybridized carbons (Fsp3) is 0.500. The first-order chi connectivity index (χ1) is 7.81. The van der Waals surface area contributed by atoms with Crippen molar-refractivity contribution in [1.29, 1.82) is 0 Å². The van der Waals surface area contributed by atoms with Gasteiger partial charge in [-0.05, 0) is 31.2 Å². The molecule has 1 aromatic rings. The van der Waals surface area contributed by atoms with Crippen LogP contribution < -0.4 is 0 Å². The van der Waals surface area contributed by atoms with Crippen LogP contribution in [0.15, 0.2) is 24.3 Å². The molecule has 1 saturated carbocycles. The molecule has 1 aliphatic rings.